The molecule has 0 radical (unpaired) electrons. The van der Waals surface area contributed by atoms with E-state index in [1.807, 2.05) is 18.2 Å². The predicted molar refractivity (Wildman–Crippen MR) is 72.1 cm³/mol. The molecule has 1 aromatic heterocycles. The molecule has 0 unspecified atom stereocenters. The first kappa shape index (κ1) is 12.0. The number of oxazole rings is 1. The van der Waals surface area contributed by atoms with Crippen molar-refractivity contribution < 1.29 is 4.42 Å². The lowest BCUT2D eigenvalue weighted by molar-refractivity contribution is 0.236. The highest BCUT2D eigenvalue weighted by Crippen LogP contribution is 2.29. The van der Waals surface area contributed by atoms with Gasteiger partial charge in [-0.3, -0.25) is 4.90 Å². The van der Waals surface area contributed by atoms with Crippen molar-refractivity contribution in [2.45, 2.75) is 31.8 Å². The van der Waals surface area contributed by atoms with Crippen LogP contribution in [0.5, 0.6) is 0 Å². The zero-order valence-electron chi connectivity index (χ0n) is 10.7. The molecule has 1 saturated carbocycles. The van der Waals surface area contributed by atoms with Crippen molar-refractivity contribution in [3.8, 4) is 6.07 Å². The van der Waals surface area contributed by atoms with E-state index in [-0.39, 0.29) is 0 Å². The van der Waals surface area contributed by atoms with Gasteiger partial charge < -0.3 is 10.2 Å². The zero-order valence-corrected chi connectivity index (χ0v) is 10.7. The Labute approximate surface area is 111 Å². The van der Waals surface area contributed by atoms with Crippen molar-refractivity contribution in [1.29, 1.82) is 5.26 Å². The molecule has 2 N–H and O–H groups in total. The summed E-state index contributed by atoms with van der Waals surface area (Å²) in [6.45, 7) is 1.43. The lowest BCUT2D eigenvalue weighted by Gasteiger charge is -2.18. The molecule has 1 aliphatic carbocycles. The molecule has 0 amide bonds. The normalized spacial score (nSPS) is 14.9. The van der Waals surface area contributed by atoms with E-state index in [9.17, 15) is 0 Å². The highest BCUT2D eigenvalue weighted by atomic mass is 16.3. The van der Waals surface area contributed by atoms with E-state index in [1.54, 1.807) is 0 Å². The third-order valence-corrected chi connectivity index (χ3v) is 3.41. The summed E-state index contributed by atoms with van der Waals surface area (Å²) in [5, 5.41) is 8.70. The van der Waals surface area contributed by atoms with Gasteiger partial charge in [-0.25, -0.2) is 4.98 Å². The number of hydrogen-bond acceptors (Lipinski definition) is 5. The minimum Gasteiger partial charge on any atom is -0.439 e. The summed E-state index contributed by atoms with van der Waals surface area (Å²) in [7, 11) is 0. The molecule has 5 nitrogen and oxygen atoms in total. The Morgan fingerprint density at radius 3 is 3.00 bits per heavy atom. The van der Waals surface area contributed by atoms with Crippen molar-refractivity contribution in [2.24, 2.45) is 0 Å². The molecule has 1 heterocycles. The van der Waals surface area contributed by atoms with Crippen molar-refractivity contribution in [1.82, 2.24) is 9.88 Å². The van der Waals surface area contributed by atoms with E-state index in [1.165, 1.54) is 12.8 Å². The summed E-state index contributed by atoms with van der Waals surface area (Å²) in [5.41, 5.74) is 7.97. The first-order valence-corrected chi connectivity index (χ1v) is 6.53. The summed E-state index contributed by atoms with van der Waals surface area (Å²) in [6.07, 6.45) is 2.94. The van der Waals surface area contributed by atoms with E-state index in [0.29, 0.717) is 30.6 Å². The Morgan fingerprint density at radius 2 is 2.32 bits per heavy atom. The standard InChI is InChI=1S/C14H16N4O/c15-7-2-8-18(10-5-6-10)9-13-17-14-11(16)3-1-4-12(14)19-13/h1,3-4,10H,2,5-6,8-9,16H2. The van der Waals surface area contributed by atoms with E-state index >= 15 is 0 Å². The first-order valence-electron chi connectivity index (χ1n) is 6.53. The maximum atomic E-state index is 8.70. The molecule has 1 aromatic carbocycles. The third-order valence-electron chi connectivity index (χ3n) is 3.41. The molecule has 1 fully saturated rings. The lowest BCUT2D eigenvalue weighted by atomic mass is 10.3. The van der Waals surface area contributed by atoms with Crippen molar-refractivity contribution in [2.75, 3.05) is 12.3 Å². The maximum Gasteiger partial charge on any atom is 0.209 e. The third kappa shape index (κ3) is 2.54. The fourth-order valence-electron chi connectivity index (χ4n) is 2.28. The maximum absolute atomic E-state index is 8.70. The quantitative estimate of drug-likeness (QED) is 0.830. The highest BCUT2D eigenvalue weighted by Gasteiger charge is 2.29. The summed E-state index contributed by atoms with van der Waals surface area (Å²) >= 11 is 0. The first-order chi connectivity index (χ1) is 9.28. The summed E-state index contributed by atoms with van der Waals surface area (Å²) in [4.78, 5) is 6.72. The number of hydrogen-bond donors (Lipinski definition) is 1. The largest absolute Gasteiger partial charge is 0.439 e. The summed E-state index contributed by atoms with van der Waals surface area (Å²) in [5.74, 6) is 0.678. The molecule has 0 atom stereocenters. The van der Waals surface area contributed by atoms with E-state index < -0.39 is 0 Å². The minimum absolute atomic E-state index is 0.541. The SMILES string of the molecule is N#CCCN(Cc1nc2c(N)cccc2o1)C1CC1. The van der Waals surface area contributed by atoms with Crippen LogP contribution in [0.3, 0.4) is 0 Å². The van der Waals surface area contributed by atoms with Gasteiger partial charge in [0.1, 0.15) is 5.52 Å². The molecule has 0 aliphatic heterocycles. The Balaban J connectivity index is 1.79. The van der Waals surface area contributed by atoms with Crippen LogP contribution in [-0.4, -0.2) is 22.5 Å². The van der Waals surface area contributed by atoms with Gasteiger partial charge in [-0.15, -0.1) is 0 Å². The number of nitrogens with zero attached hydrogens (tertiary/aromatic N) is 3. The van der Waals surface area contributed by atoms with Crippen LogP contribution in [0.2, 0.25) is 0 Å². The van der Waals surface area contributed by atoms with Crippen LogP contribution in [0, 0.1) is 11.3 Å². The molecule has 1 aliphatic rings. The topological polar surface area (TPSA) is 79.1 Å². The van der Waals surface area contributed by atoms with Gasteiger partial charge >= 0.3 is 0 Å². The number of aromatic nitrogens is 1. The lowest BCUT2D eigenvalue weighted by Crippen LogP contribution is -2.26. The van der Waals surface area contributed by atoms with Gasteiger partial charge in [-0.1, -0.05) is 6.07 Å². The smallest absolute Gasteiger partial charge is 0.209 e. The number of nitrogens with two attached hydrogens (primary N) is 1. The van der Waals surface area contributed by atoms with E-state index in [0.717, 1.165) is 17.6 Å². The van der Waals surface area contributed by atoms with Gasteiger partial charge in [-0.2, -0.15) is 5.26 Å². The molecule has 19 heavy (non-hydrogen) atoms. The summed E-state index contributed by atoms with van der Waals surface area (Å²) in [6, 6.07) is 8.33. The molecule has 0 spiro atoms. The van der Waals surface area contributed by atoms with Crippen LogP contribution >= 0.6 is 0 Å². The van der Waals surface area contributed by atoms with Crippen molar-refractivity contribution in [3.05, 3.63) is 24.1 Å². The number of rotatable bonds is 5. The average molecular weight is 256 g/mol. The zero-order chi connectivity index (χ0) is 13.2. The van der Waals surface area contributed by atoms with Crippen LogP contribution in [0.15, 0.2) is 22.6 Å². The number of benzene rings is 1. The van der Waals surface area contributed by atoms with Crippen LogP contribution in [0.1, 0.15) is 25.2 Å². The van der Waals surface area contributed by atoms with Gasteiger partial charge in [-0.05, 0) is 25.0 Å². The molecular weight excluding hydrogens is 240 g/mol. The number of fused-ring (bicyclic) bond motifs is 1. The Morgan fingerprint density at radius 1 is 1.47 bits per heavy atom. The van der Waals surface area contributed by atoms with Gasteiger partial charge in [0.2, 0.25) is 5.89 Å². The fraction of sp³-hybridized carbons (Fsp3) is 0.429. The number of anilines is 1. The molecule has 0 saturated heterocycles. The van der Waals surface area contributed by atoms with E-state index in [4.69, 9.17) is 15.4 Å². The van der Waals surface area contributed by atoms with E-state index in [2.05, 4.69) is 16.0 Å². The van der Waals surface area contributed by atoms with Crippen LogP contribution < -0.4 is 5.73 Å². The fourth-order valence-corrected chi connectivity index (χ4v) is 2.28. The van der Waals surface area contributed by atoms with Gasteiger partial charge in [0.25, 0.3) is 0 Å². The second-order valence-electron chi connectivity index (χ2n) is 4.91. The number of para-hydroxylation sites is 1. The monoisotopic (exact) mass is 256 g/mol. The van der Waals surface area contributed by atoms with Crippen LogP contribution in [0.25, 0.3) is 11.1 Å². The van der Waals surface area contributed by atoms with Crippen LogP contribution in [0.4, 0.5) is 5.69 Å². The van der Waals surface area contributed by atoms with Gasteiger partial charge in [0.05, 0.1) is 18.3 Å². The van der Waals surface area contributed by atoms with Gasteiger partial charge in [0, 0.05) is 19.0 Å². The van der Waals surface area contributed by atoms with Gasteiger partial charge in [0.15, 0.2) is 5.58 Å². The minimum atomic E-state index is 0.541. The molecule has 98 valence electrons. The highest BCUT2D eigenvalue weighted by molar-refractivity contribution is 5.85. The second kappa shape index (κ2) is 4.90. The molecule has 2 aromatic rings. The number of nitriles is 1. The van der Waals surface area contributed by atoms with Crippen molar-refractivity contribution >= 4 is 16.8 Å². The molecule has 5 heteroatoms. The average Bonchev–Trinajstić information content (AvgIpc) is 3.16. The van der Waals surface area contributed by atoms with Crippen LogP contribution in [-0.2, 0) is 6.54 Å². The Hall–Kier alpha value is -2.06. The molecule has 0 bridgehead atoms. The number of nitrogen functional groups attached to an aromatic ring is 1. The second-order valence-corrected chi connectivity index (χ2v) is 4.91. The molecular formula is C14H16N4O. The Bertz CT molecular complexity index is 624. The predicted octanol–water partition coefficient (Wildman–Crippen LogP) is 2.29. The van der Waals surface area contributed by atoms with Crippen molar-refractivity contribution in [3.63, 3.8) is 0 Å². The summed E-state index contributed by atoms with van der Waals surface area (Å²) < 4.78 is 5.72. The molecule has 3 rings (SSSR count). The Kier molecular flexibility index (Phi) is 3.10.